The van der Waals surface area contributed by atoms with Gasteiger partial charge in [0.2, 0.25) is 0 Å². The molecule has 104 valence electrons. The van der Waals surface area contributed by atoms with E-state index in [9.17, 15) is 0 Å². The molecule has 4 heteroatoms. The second-order valence-corrected chi connectivity index (χ2v) is 5.68. The number of hydrogen-bond donors (Lipinski definition) is 1. The third kappa shape index (κ3) is 3.61. The van der Waals surface area contributed by atoms with Crippen molar-refractivity contribution in [1.82, 2.24) is 9.97 Å². The fourth-order valence-electron chi connectivity index (χ4n) is 1.99. The van der Waals surface area contributed by atoms with Crippen molar-refractivity contribution in [1.29, 1.82) is 0 Å². The van der Waals surface area contributed by atoms with Crippen LogP contribution in [0.1, 0.15) is 5.56 Å². The first-order chi connectivity index (χ1) is 10.3. The van der Waals surface area contributed by atoms with Crippen LogP contribution in [0.5, 0.6) is 0 Å². The average Bonchev–Trinajstić information content (AvgIpc) is 2.54. The predicted molar refractivity (Wildman–Crippen MR) is 87.9 cm³/mol. The summed E-state index contributed by atoms with van der Waals surface area (Å²) in [5.74, 6) is 1.46. The Balaban J connectivity index is 1.69. The summed E-state index contributed by atoms with van der Waals surface area (Å²) in [7, 11) is 0. The first-order valence-corrected chi connectivity index (χ1v) is 7.64. The van der Waals surface area contributed by atoms with Crippen molar-refractivity contribution in [3.8, 4) is 11.3 Å². The highest BCUT2D eigenvalue weighted by Gasteiger charge is 2.01. The second kappa shape index (κ2) is 6.41. The Bertz CT molecular complexity index is 712. The van der Waals surface area contributed by atoms with Gasteiger partial charge >= 0.3 is 0 Å². The van der Waals surface area contributed by atoms with Crippen LogP contribution in [0.15, 0.2) is 71.9 Å². The Morgan fingerprint density at radius 1 is 0.905 bits per heavy atom. The van der Waals surface area contributed by atoms with Gasteiger partial charge in [-0.25, -0.2) is 9.97 Å². The number of rotatable bonds is 4. The molecule has 0 fully saturated rings. The van der Waals surface area contributed by atoms with Gasteiger partial charge in [0.05, 0.1) is 5.69 Å². The minimum Gasteiger partial charge on any atom is -0.384 e. The van der Waals surface area contributed by atoms with Crippen molar-refractivity contribution in [3.05, 3.63) is 72.6 Å². The van der Waals surface area contributed by atoms with Crippen LogP contribution in [0.4, 0.5) is 5.82 Å². The van der Waals surface area contributed by atoms with E-state index in [-0.39, 0.29) is 0 Å². The third-order valence-corrected chi connectivity index (χ3v) is 4.17. The summed E-state index contributed by atoms with van der Waals surface area (Å²) in [5.41, 5.74) is 8.91. The number of nitrogens with zero attached hydrogens (tertiary/aromatic N) is 2. The molecule has 2 aromatic carbocycles. The molecule has 2 N–H and O–H groups in total. The highest BCUT2D eigenvalue weighted by Crippen LogP contribution is 2.26. The Labute approximate surface area is 128 Å². The van der Waals surface area contributed by atoms with Crippen molar-refractivity contribution in [3.63, 3.8) is 0 Å². The Kier molecular flexibility index (Phi) is 4.17. The summed E-state index contributed by atoms with van der Waals surface area (Å²) in [6.45, 7) is 0. The van der Waals surface area contributed by atoms with Crippen LogP contribution in [0.2, 0.25) is 0 Å². The van der Waals surface area contributed by atoms with Crippen LogP contribution < -0.4 is 5.73 Å². The van der Waals surface area contributed by atoms with Crippen molar-refractivity contribution in [2.75, 3.05) is 5.73 Å². The number of hydrogen-bond acceptors (Lipinski definition) is 4. The monoisotopic (exact) mass is 293 g/mol. The molecule has 0 aliphatic heterocycles. The Morgan fingerprint density at radius 3 is 2.38 bits per heavy atom. The van der Waals surface area contributed by atoms with Crippen LogP contribution in [0, 0.1) is 0 Å². The maximum Gasteiger partial charge on any atom is 0.127 e. The molecule has 3 nitrogen and oxygen atoms in total. The van der Waals surface area contributed by atoms with Crippen LogP contribution in [-0.4, -0.2) is 9.97 Å². The molecule has 0 aliphatic rings. The minimum atomic E-state index is 0.488. The molecule has 3 aromatic rings. The molecule has 1 aromatic heterocycles. The number of nitrogens with two attached hydrogens (primary N) is 1. The number of nitrogen functional groups attached to an aromatic ring is 1. The molecule has 0 spiro atoms. The summed E-state index contributed by atoms with van der Waals surface area (Å²) >= 11 is 1.82. The lowest BCUT2D eigenvalue weighted by molar-refractivity contribution is 1.18. The molecule has 0 radical (unpaired) electrons. The standard InChI is InChI=1S/C17H15N3S/c18-17-10-16(19-12-20-17)14-6-8-15(9-7-14)21-11-13-4-2-1-3-5-13/h1-10,12H,11H2,(H2,18,19,20). The number of anilines is 1. The average molecular weight is 293 g/mol. The number of benzene rings is 2. The van der Waals surface area contributed by atoms with Gasteiger partial charge in [-0.2, -0.15) is 0 Å². The minimum absolute atomic E-state index is 0.488. The van der Waals surface area contributed by atoms with Crippen LogP contribution in [0.25, 0.3) is 11.3 Å². The molecular weight excluding hydrogens is 278 g/mol. The third-order valence-electron chi connectivity index (χ3n) is 3.09. The summed E-state index contributed by atoms with van der Waals surface area (Å²) in [4.78, 5) is 9.38. The summed E-state index contributed by atoms with van der Waals surface area (Å²) < 4.78 is 0. The molecule has 0 bridgehead atoms. The zero-order valence-corrected chi connectivity index (χ0v) is 12.3. The van der Waals surface area contributed by atoms with E-state index < -0.39 is 0 Å². The van der Waals surface area contributed by atoms with E-state index in [1.165, 1.54) is 16.8 Å². The summed E-state index contributed by atoms with van der Waals surface area (Å²) in [6, 6.07) is 20.6. The smallest absolute Gasteiger partial charge is 0.127 e. The highest BCUT2D eigenvalue weighted by atomic mass is 32.2. The molecular formula is C17H15N3S. The van der Waals surface area contributed by atoms with E-state index in [2.05, 4.69) is 58.5 Å². The maximum absolute atomic E-state index is 5.68. The van der Waals surface area contributed by atoms with Gasteiger partial charge in [0.15, 0.2) is 0 Å². The lowest BCUT2D eigenvalue weighted by Gasteiger charge is -2.04. The van der Waals surface area contributed by atoms with Gasteiger partial charge in [-0.05, 0) is 17.7 Å². The van der Waals surface area contributed by atoms with Crippen molar-refractivity contribution in [2.45, 2.75) is 10.6 Å². The van der Waals surface area contributed by atoms with Crippen molar-refractivity contribution >= 4 is 17.6 Å². The first-order valence-electron chi connectivity index (χ1n) is 6.66. The van der Waals surface area contributed by atoms with Gasteiger partial charge in [-0.15, -0.1) is 11.8 Å². The SMILES string of the molecule is Nc1cc(-c2ccc(SCc3ccccc3)cc2)ncn1. The fourth-order valence-corrected chi connectivity index (χ4v) is 2.85. The highest BCUT2D eigenvalue weighted by molar-refractivity contribution is 7.98. The number of aromatic nitrogens is 2. The molecule has 0 aliphatic carbocycles. The normalized spacial score (nSPS) is 10.5. The van der Waals surface area contributed by atoms with E-state index in [1.54, 1.807) is 6.07 Å². The first kappa shape index (κ1) is 13.6. The van der Waals surface area contributed by atoms with Gasteiger partial charge in [-0.3, -0.25) is 0 Å². The van der Waals surface area contributed by atoms with Crippen LogP contribution >= 0.6 is 11.8 Å². The fraction of sp³-hybridized carbons (Fsp3) is 0.0588. The van der Waals surface area contributed by atoms with Crippen LogP contribution in [-0.2, 0) is 5.75 Å². The van der Waals surface area contributed by atoms with Gasteiger partial charge in [0, 0.05) is 22.3 Å². The maximum atomic E-state index is 5.68. The molecule has 0 amide bonds. The van der Waals surface area contributed by atoms with E-state index >= 15 is 0 Å². The van der Waals surface area contributed by atoms with Gasteiger partial charge in [-0.1, -0.05) is 42.5 Å². The molecule has 0 saturated carbocycles. The lowest BCUT2D eigenvalue weighted by Crippen LogP contribution is -1.92. The largest absolute Gasteiger partial charge is 0.384 e. The van der Waals surface area contributed by atoms with Gasteiger partial charge in [0.1, 0.15) is 12.1 Å². The molecule has 21 heavy (non-hydrogen) atoms. The van der Waals surface area contributed by atoms with Crippen molar-refractivity contribution < 1.29 is 0 Å². The number of thioether (sulfide) groups is 1. The second-order valence-electron chi connectivity index (χ2n) is 4.63. The molecule has 0 atom stereocenters. The van der Waals surface area contributed by atoms with Crippen molar-refractivity contribution in [2.24, 2.45) is 0 Å². The molecule has 0 saturated heterocycles. The zero-order valence-electron chi connectivity index (χ0n) is 11.4. The van der Waals surface area contributed by atoms with E-state index in [0.717, 1.165) is 17.0 Å². The van der Waals surface area contributed by atoms with Gasteiger partial charge < -0.3 is 5.73 Å². The zero-order chi connectivity index (χ0) is 14.5. The summed E-state index contributed by atoms with van der Waals surface area (Å²) in [5, 5.41) is 0. The quantitative estimate of drug-likeness (QED) is 0.738. The van der Waals surface area contributed by atoms with E-state index in [0.29, 0.717) is 5.82 Å². The Hall–Kier alpha value is -2.33. The molecule has 0 unspecified atom stereocenters. The van der Waals surface area contributed by atoms with E-state index in [1.807, 2.05) is 17.8 Å². The Morgan fingerprint density at radius 2 is 1.67 bits per heavy atom. The van der Waals surface area contributed by atoms with Crippen LogP contribution in [0.3, 0.4) is 0 Å². The molecule has 3 rings (SSSR count). The molecule has 1 heterocycles. The lowest BCUT2D eigenvalue weighted by atomic mass is 10.1. The van der Waals surface area contributed by atoms with E-state index in [4.69, 9.17) is 5.73 Å². The predicted octanol–water partition coefficient (Wildman–Crippen LogP) is 4.02. The summed E-state index contributed by atoms with van der Waals surface area (Å²) in [6.07, 6.45) is 1.49. The van der Waals surface area contributed by atoms with Gasteiger partial charge in [0.25, 0.3) is 0 Å². The topological polar surface area (TPSA) is 51.8 Å².